The van der Waals surface area contributed by atoms with Crippen LogP contribution in [-0.2, 0) is 6.18 Å². The summed E-state index contributed by atoms with van der Waals surface area (Å²) in [6, 6.07) is 11.5. The molecule has 0 saturated carbocycles. The van der Waals surface area contributed by atoms with E-state index in [4.69, 9.17) is 0 Å². The predicted molar refractivity (Wildman–Crippen MR) is 144 cm³/mol. The van der Waals surface area contributed by atoms with Crippen LogP contribution in [0.4, 0.5) is 41.1 Å². The monoisotopic (exact) mass is 564 g/mol. The third kappa shape index (κ3) is 6.66. The maximum absolute atomic E-state index is 13.2. The van der Waals surface area contributed by atoms with Crippen molar-refractivity contribution in [3.8, 4) is 11.3 Å². The summed E-state index contributed by atoms with van der Waals surface area (Å²) in [5.41, 5.74) is 0.779. The summed E-state index contributed by atoms with van der Waals surface area (Å²) in [6.07, 6.45) is 0.0329. The van der Waals surface area contributed by atoms with Gasteiger partial charge in [-0.15, -0.1) is 0 Å². The number of anilines is 4. The van der Waals surface area contributed by atoms with Crippen molar-refractivity contribution in [2.24, 2.45) is 0 Å². The van der Waals surface area contributed by atoms with E-state index in [1.807, 2.05) is 4.90 Å². The molecule has 0 radical (unpaired) electrons. The number of hydrogen-bond donors (Lipinski definition) is 3. The minimum atomic E-state index is -4.55. The van der Waals surface area contributed by atoms with Crippen molar-refractivity contribution in [3.05, 3.63) is 84.4 Å². The molecule has 0 spiro atoms. The van der Waals surface area contributed by atoms with E-state index < -0.39 is 23.7 Å². The van der Waals surface area contributed by atoms with Gasteiger partial charge < -0.3 is 25.5 Å². The summed E-state index contributed by atoms with van der Waals surface area (Å²) in [5, 5.41) is 14.8. The highest BCUT2D eigenvalue weighted by atomic mass is 19.4. The van der Waals surface area contributed by atoms with Gasteiger partial charge in [0.15, 0.2) is 0 Å². The van der Waals surface area contributed by atoms with Crippen LogP contribution in [0.2, 0.25) is 0 Å². The van der Waals surface area contributed by atoms with Gasteiger partial charge in [0, 0.05) is 68.3 Å². The lowest BCUT2D eigenvalue weighted by molar-refractivity contribution is -0.137. The van der Waals surface area contributed by atoms with E-state index in [-0.39, 0.29) is 11.6 Å². The Morgan fingerprint density at radius 2 is 1.68 bits per heavy atom. The second kappa shape index (κ2) is 11.5. The molecule has 3 N–H and O–H groups in total. The van der Waals surface area contributed by atoms with Crippen LogP contribution in [0.25, 0.3) is 11.3 Å². The van der Waals surface area contributed by atoms with E-state index in [1.54, 1.807) is 36.5 Å². The number of carboxylic acid groups (broad SMARTS) is 1. The molecule has 2 amide bonds. The summed E-state index contributed by atoms with van der Waals surface area (Å²) in [5.74, 6) is 0.225. The molecule has 0 aromatic carbocycles. The summed E-state index contributed by atoms with van der Waals surface area (Å²) in [4.78, 5) is 44.3. The van der Waals surface area contributed by atoms with Gasteiger partial charge in [-0.3, -0.25) is 9.78 Å². The Balaban J connectivity index is 1.47. The number of halogens is 3. The molecule has 1 saturated heterocycles. The van der Waals surface area contributed by atoms with Crippen LogP contribution in [0, 0.1) is 0 Å². The highest BCUT2D eigenvalue weighted by molar-refractivity contribution is 6.04. The first-order chi connectivity index (χ1) is 19.7. The first kappa shape index (κ1) is 27.3. The van der Waals surface area contributed by atoms with Gasteiger partial charge in [0.05, 0.1) is 16.8 Å². The van der Waals surface area contributed by atoms with E-state index in [9.17, 15) is 27.9 Å². The molecule has 5 heterocycles. The van der Waals surface area contributed by atoms with Gasteiger partial charge in [-0.1, -0.05) is 0 Å². The van der Waals surface area contributed by atoms with Gasteiger partial charge in [-0.05, 0) is 42.5 Å². The molecule has 4 aromatic rings. The predicted octanol–water partition coefficient (Wildman–Crippen LogP) is 4.75. The SMILES string of the molecule is O=C(Nc1cc(Nc2cc(C(F)(F)F)ccn2)nc(-c2ccnc(N3CCN(C(=O)O)CC3)c2)c1)c1cccnc1. The van der Waals surface area contributed by atoms with Crippen LogP contribution in [-0.4, -0.2) is 68.1 Å². The number of hydrogen-bond acceptors (Lipinski definition) is 8. The molecule has 1 fully saturated rings. The van der Waals surface area contributed by atoms with Crippen LogP contribution in [0.15, 0.2) is 73.3 Å². The minimum absolute atomic E-state index is 0.0827. The number of piperazine rings is 1. The maximum Gasteiger partial charge on any atom is 0.416 e. The zero-order valence-electron chi connectivity index (χ0n) is 21.3. The largest absolute Gasteiger partial charge is 0.465 e. The van der Waals surface area contributed by atoms with Crippen molar-refractivity contribution in [2.45, 2.75) is 6.18 Å². The summed E-state index contributed by atoms with van der Waals surface area (Å²) in [7, 11) is 0. The standard InChI is InChI=1S/C27H23F3N8O3/c28-27(29,30)19-4-7-32-22(13-19)36-23-15-20(34-25(39)18-2-1-5-31-16-18)14-21(35-23)17-3-6-33-24(12-17)37-8-10-38(11-9-37)26(40)41/h1-7,12-16H,8-11H2,(H,40,41)(H2,32,34,35,36,39). The van der Waals surface area contributed by atoms with Gasteiger partial charge in [-0.25, -0.2) is 19.7 Å². The Morgan fingerprint density at radius 3 is 2.39 bits per heavy atom. The van der Waals surface area contributed by atoms with Crippen molar-refractivity contribution in [1.82, 2.24) is 24.8 Å². The Labute approximate surface area is 231 Å². The first-order valence-electron chi connectivity index (χ1n) is 12.4. The average molecular weight is 565 g/mol. The van der Waals surface area contributed by atoms with Crippen molar-refractivity contribution in [2.75, 3.05) is 41.7 Å². The lowest BCUT2D eigenvalue weighted by atomic mass is 10.1. The number of amides is 2. The molecular weight excluding hydrogens is 541 g/mol. The molecule has 41 heavy (non-hydrogen) atoms. The average Bonchev–Trinajstić information content (AvgIpc) is 2.97. The lowest BCUT2D eigenvalue weighted by Gasteiger charge is -2.33. The molecule has 0 bridgehead atoms. The molecule has 11 nitrogen and oxygen atoms in total. The number of nitrogens with one attached hydrogen (secondary N) is 2. The van der Waals surface area contributed by atoms with Gasteiger partial charge in [0.25, 0.3) is 5.91 Å². The van der Waals surface area contributed by atoms with Crippen molar-refractivity contribution in [3.63, 3.8) is 0 Å². The fourth-order valence-corrected chi connectivity index (χ4v) is 4.20. The molecule has 0 aliphatic carbocycles. The molecule has 14 heteroatoms. The fraction of sp³-hybridized carbons (Fsp3) is 0.185. The highest BCUT2D eigenvalue weighted by Gasteiger charge is 2.30. The van der Waals surface area contributed by atoms with Crippen LogP contribution < -0.4 is 15.5 Å². The summed E-state index contributed by atoms with van der Waals surface area (Å²) < 4.78 is 39.7. The Bertz CT molecular complexity index is 1560. The molecular formula is C27H23F3N8O3. The van der Waals surface area contributed by atoms with Gasteiger partial charge in [-0.2, -0.15) is 13.2 Å². The summed E-state index contributed by atoms with van der Waals surface area (Å²) >= 11 is 0. The van der Waals surface area contributed by atoms with E-state index in [0.717, 1.165) is 18.3 Å². The summed E-state index contributed by atoms with van der Waals surface area (Å²) in [6.45, 7) is 1.55. The normalized spacial score (nSPS) is 13.5. The van der Waals surface area contributed by atoms with Crippen molar-refractivity contribution in [1.29, 1.82) is 0 Å². The van der Waals surface area contributed by atoms with Gasteiger partial charge >= 0.3 is 12.3 Å². The fourth-order valence-electron chi connectivity index (χ4n) is 4.20. The zero-order valence-corrected chi connectivity index (χ0v) is 21.3. The highest BCUT2D eigenvalue weighted by Crippen LogP contribution is 2.32. The molecule has 5 rings (SSSR count). The second-order valence-corrected chi connectivity index (χ2v) is 9.03. The van der Waals surface area contributed by atoms with Crippen molar-refractivity contribution >= 4 is 35.1 Å². The topological polar surface area (TPSA) is 136 Å². The maximum atomic E-state index is 13.2. The molecule has 0 atom stereocenters. The zero-order chi connectivity index (χ0) is 29.0. The van der Waals surface area contributed by atoms with E-state index in [2.05, 4.69) is 30.6 Å². The van der Waals surface area contributed by atoms with Crippen LogP contribution in [0.5, 0.6) is 0 Å². The number of carbonyl (C=O) groups is 2. The van der Waals surface area contributed by atoms with E-state index in [0.29, 0.717) is 54.5 Å². The Kier molecular flexibility index (Phi) is 7.63. The van der Waals surface area contributed by atoms with Crippen LogP contribution >= 0.6 is 0 Å². The van der Waals surface area contributed by atoms with Crippen LogP contribution in [0.3, 0.4) is 0 Å². The lowest BCUT2D eigenvalue weighted by Crippen LogP contribution is -2.48. The molecule has 1 aliphatic heterocycles. The van der Waals surface area contributed by atoms with E-state index >= 15 is 0 Å². The number of pyridine rings is 4. The molecule has 0 unspecified atom stereocenters. The number of aromatic nitrogens is 4. The van der Waals surface area contributed by atoms with Gasteiger partial charge in [0.2, 0.25) is 0 Å². The molecule has 1 aliphatic rings. The quantitative estimate of drug-likeness (QED) is 0.303. The van der Waals surface area contributed by atoms with Crippen molar-refractivity contribution < 1.29 is 27.9 Å². The number of alkyl halides is 3. The third-order valence-corrected chi connectivity index (χ3v) is 6.27. The van der Waals surface area contributed by atoms with Crippen LogP contribution in [0.1, 0.15) is 15.9 Å². The molecule has 4 aromatic heterocycles. The minimum Gasteiger partial charge on any atom is -0.465 e. The Morgan fingerprint density at radius 1 is 0.902 bits per heavy atom. The smallest absolute Gasteiger partial charge is 0.416 e. The number of nitrogens with zero attached hydrogens (tertiary/aromatic N) is 6. The number of rotatable bonds is 6. The molecule has 210 valence electrons. The second-order valence-electron chi connectivity index (χ2n) is 9.03. The number of carbonyl (C=O) groups excluding carboxylic acids is 1. The van der Waals surface area contributed by atoms with Gasteiger partial charge in [0.1, 0.15) is 17.5 Å². The van der Waals surface area contributed by atoms with E-state index in [1.165, 1.54) is 23.4 Å². The third-order valence-electron chi connectivity index (χ3n) is 6.27. The Hall–Kier alpha value is -5.27. The first-order valence-corrected chi connectivity index (χ1v) is 12.4.